The van der Waals surface area contributed by atoms with Gasteiger partial charge in [-0.05, 0) is 37.1 Å². The molecule has 7 nitrogen and oxygen atoms in total. The van der Waals surface area contributed by atoms with Crippen molar-refractivity contribution in [2.45, 2.75) is 33.2 Å². The Balaban J connectivity index is 0.00000300. The lowest BCUT2D eigenvalue weighted by molar-refractivity contribution is 0.363. The van der Waals surface area contributed by atoms with E-state index in [0.717, 1.165) is 55.9 Å². The molecular formula is C21H32IN5O2. The minimum atomic E-state index is 0. The van der Waals surface area contributed by atoms with Gasteiger partial charge < -0.3 is 24.4 Å². The monoisotopic (exact) mass is 513 g/mol. The fourth-order valence-electron chi connectivity index (χ4n) is 3.22. The normalized spacial score (nSPS) is 14.7. The van der Waals surface area contributed by atoms with Gasteiger partial charge in [-0.15, -0.1) is 24.0 Å². The number of aromatic nitrogens is 1. The summed E-state index contributed by atoms with van der Waals surface area (Å²) in [6, 6.07) is 10.2. The fourth-order valence-corrected chi connectivity index (χ4v) is 3.22. The predicted octanol–water partition coefficient (Wildman–Crippen LogP) is 3.71. The number of aliphatic imine (C=N–C) groups is 1. The van der Waals surface area contributed by atoms with Crippen LogP contribution < -0.4 is 15.0 Å². The third kappa shape index (κ3) is 6.25. The topological polar surface area (TPSA) is 66.1 Å². The van der Waals surface area contributed by atoms with Crippen LogP contribution in [-0.2, 0) is 6.54 Å². The van der Waals surface area contributed by atoms with E-state index in [2.05, 4.69) is 53.2 Å². The van der Waals surface area contributed by atoms with E-state index in [1.807, 2.05) is 18.2 Å². The number of guanidine groups is 1. The van der Waals surface area contributed by atoms with E-state index < -0.39 is 0 Å². The molecule has 29 heavy (non-hydrogen) atoms. The Morgan fingerprint density at radius 1 is 1.21 bits per heavy atom. The first-order valence-corrected chi connectivity index (χ1v) is 9.98. The lowest BCUT2D eigenvalue weighted by Gasteiger charge is -2.37. The molecule has 1 aliphatic rings. The summed E-state index contributed by atoms with van der Waals surface area (Å²) in [4.78, 5) is 9.47. The maximum atomic E-state index is 5.41. The van der Waals surface area contributed by atoms with E-state index in [1.54, 1.807) is 7.11 Å². The molecule has 1 N–H and O–H groups in total. The summed E-state index contributed by atoms with van der Waals surface area (Å²) in [6.07, 6.45) is 0. The Kier molecular flexibility index (Phi) is 9.06. The van der Waals surface area contributed by atoms with E-state index in [1.165, 1.54) is 5.69 Å². The molecule has 0 aliphatic carbocycles. The number of hydrogen-bond acceptors (Lipinski definition) is 5. The van der Waals surface area contributed by atoms with Crippen molar-refractivity contribution < 1.29 is 9.26 Å². The van der Waals surface area contributed by atoms with Crippen molar-refractivity contribution in [2.24, 2.45) is 4.99 Å². The second kappa shape index (κ2) is 11.3. The summed E-state index contributed by atoms with van der Waals surface area (Å²) in [5.41, 5.74) is 2.20. The van der Waals surface area contributed by atoms with Crippen LogP contribution in [0.2, 0.25) is 0 Å². The predicted molar refractivity (Wildman–Crippen MR) is 128 cm³/mol. The SMILES string of the molecule is CCNC(=NCc1cc(C(C)C)no1)N1CCN(c2ccc(OC)cc2)CC1.I. The second-order valence-corrected chi connectivity index (χ2v) is 7.22. The number of nitrogens with zero attached hydrogens (tertiary/aromatic N) is 4. The molecule has 1 fully saturated rings. The molecule has 160 valence electrons. The summed E-state index contributed by atoms with van der Waals surface area (Å²) >= 11 is 0. The maximum Gasteiger partial charge on any atom is 0.194 e. The van der Waals surface area contributed by atoms with E-state index in [9.17, 15) is 0 Å². The third-order valence-electron chi connectivity index (χ3n) is 4.91. The van der Waals surface area contributed by atoms with Crippen molar-refractivity contribution in [3.05, 3.63) is 41.8 Å². The molecule has 1 aromatic heterocycles. The smallest absolute Gasteiger partial charge is 0.194 e. The van der Waals surface area contributed by atoms with Crippen molar-refractivity contribution in [3.63, 3.8) is 0 Å². The number of benzene rings is 1. The lowest BCUT2D eigenvalue weighted by atomic mass is 10.1. The molecule has 2 aromatic rings. The van der Waals surface area contributed by atoms with Crippen molar-refractivity contribution in [1.29, 1.82) is 0 Å². The molecule has 0 saturated carbocycles. The molecule has 3 rings (SSSR count). The van der Waals surface area contributed by atoms with Gasteiger partial charge in [0.15, 0.2) is 11.7 Å². The summed E-state index contributed by atoms with van der Waals surface area (Å²) in [6.45, 7) is 11.4. The summed E-state index contributed by atoms with van der Waals surface area (Å²) < 4.78 is 10.7. The Morgan fingerprint density at radius 2 is 1.90 bits per heavy atom. The highest BCUT2D eigenvalue weighted by Gasteiger charge is 2.20. The van der Waals surface area contributed by atoms with Gasteiger partial charge in [0.1, 0.15) is 12.3 Å². The number of ether oxygens (including phenoxy) is 1. The Hall–Kier alpha value is -1.97. The molecular weight excluding hydrogens is 481 g/mol. The summed E-state index contributed by atoms with van der Waals surface area (Å²) in [5, 5.41) is 7.51. The number of halogens is 1. The van der Waals surface area contributed by atoms with Gasteiger partial charge in [0.2, 0.25) is 0 Å². The van der Waals surface area contributed by atoms with Crippen LogP contribution in [0.5, 0.6) is 5.75 Å². The van der Waals surface area contributed by atoms with Crippen LogP contribution in [0.1, 0.15) is 38.1 Å². The number of anilines is 1. The molecule has 0 spiro atoms. The van der Waals surface area contributed by atoms with Crippen LogP contribution in [0, 0.1) is 0 Å². The first-order valence-electron chi connectivity index (χ1n) is 9.98. The average molecular weight is 513 g/mol. The lowest BCUT2D eigenvalue weighted by Crippen LogP contribution is -2.52. The molecule has 1 saturated heterocycles. The molecule has 0 atom stereocenters. The second-order valence-electron chi connectivity index (χ2n) is 7.22. The average Bonchev–Trinajstić information content (AvgIpc) is 3.21. The number of rotatable bonds is 6. The standard InChI is InChI=1S/C21H31N5O2.HI/c1-5-22-21(23-15-19-14-20(16(2)3)24-28-19)26-12-10-25(11-13-26)17-6-8-18(27-4)9-7-17;/h6-9,14,16H,5,10-13,15H2,1-4H3,(H,22,23);1H. The van der Waals surface area contributed by atoms with Gasteiger partial charge in [-0.2, -0.15) is 0 Å². The van der Waals surface area contributed by atoms with E-state index >= 15 is 0 Å². The first-order chi connectivity index (χ1) is 13.6. The molecule has 8 heteroatoms. The molecule has 0 bridgehead atoms. The highest BCUT2D eigenvalue weighted by molar-refractivity contribution is 14.0. The first kappa shape index (κ1) is 23.3. The van der Waals surface area contributed by atoms with E-state index in [0.29, 0.717) is 12.5 Å². The van der Waals surface area contributed by atoms with Gasteiger partial charge in [-0.1, -0.05) is 19.0 Å². The Bertz CT molecular complexity index is 768. The molecule has 1 aromatic carbocycles. The quantitative estimate of drug-likeness (QED) is 0.361. The zero-order valence-electron chi connectivity index (χ0n) is 17.7. The van der Waals surface area contributed by atoms with Crippen molar-refractivity contribution in [1.82, 2.24) is 15.4 Å². The molecule has 0 unspecified atom stereocenters. The van der Waals surface area contributed by atoms with Gasteiger partial charge in [-0.3, -0.25) is 0 Å². The van der Waals surface area contributed by atoms with Gasteiger partial charge in [0.05, 0.1) is 12.8 Å². The van der Waals surface area contributed by atoms with E-state index in [4.69, 9.17) is 14.3 Å². The zero-order chi connectivity index (χ0) is 19.9. The molecule has 0 radical (unpaired) electrons. The van der Waals surface area contributed by atoms with Crippen LogP contribution in [0.4, 0.5) is 5.69 Å². The highest BCUT2D eigenvalue weighted by Crippen LogP contribution is 2.20. The van der Waals surface area contributed by atoms with Gasteiger partial charge in [0.25, 0.3) is 0 Å². The van der Waals surface area contributed by atoms with Crippen molar-refractivity contribution >= 4 is 35.6 Å². The largest absolute Gasteiger partial charge is 0.497 e. The fraction of sp³-hybridized carbons (Fsp3) is 0.524. The van der Waals surface area contributed by atoms with Gasteiger partial charge in [0, 0.05) is 44.5 Å². The number of hydrogen-bond donors (Lipinski definition) is 1. The molecule has 0 amide bonds. The van der Waals surface area contributed by atoms with Crippen LogP contribution in [0.15, 0.2) is 39.8 Å². The number of methoxy groups -OCH3 is 1. The Morgan fingerprint density at radius 3 is 2.45 bits per heavy atom. The van der Waals surface area contributed by atoms with Crippen molar-refractivity contribution in [3.8, 4) is 5.75 Å². The maximum absolute atomic E-state index is 5.41. The van der Waals surface area contributed by atoms with Gasteiger partial charge in [-0.25, -0.2) is 4.99 Å². The van der Waals surface area contributed by atoms with Crippen LogP contribution in [0.25, 0.3) is 0 Å². The Labute approximate surface area is 190 Å². The number of nitrogens with one attached hydrogen (secondary N) is 1. The summed E-state index contributed by atoms with van der Waals surface area (Å²) in [5.74, 6) is 2.98. The zero-order valence-corrected chi connectivity index (χ0v) is 20.1. The van der Waals surface area contributed by atoms with Crippen molar-refractivity contribution in [2.75, 3.05) is 44.7 Å². The molecule has 2 heterocycles. The van der Waals surface area contributed by atoms with Crippen LogP contribution in [0.3, 0.4) is 0 Å². The third-order valence-corrected chi connectivity index (χ3v) is 4.91. The summed E-state index contributed by atoms with van der Waals surface area (Å²) in [7, 11) is 1.69. The van der Waals surface area contributed by atoms with Crippen LogP contribution in [-0.4, -0.2) is 55.8 Å². The molecule has 1 aliphatic heterocycles. The van der Waals surface area contributed by atoms with E-state index in [-0.39, 0.29) is 24.0 Å². The van der Waals surface area contributed by atoms with Gasteiger partial charge >= 0.3 is 0 Å². The highest BCUT2D eigenvalue weighted by atomic mass is 127. The minimum Gasteiger partial charge on any atom is -0.497 e. The van der Waals surface area contributed by atoms with Crippen LogP contribution >= 0.6 is 24.0 Å². The number of piperazine rings is 1. The minimum absolute atomic E-state index is 0.